The summed E-state index contributed by atoms with van der Waals surface area (Å²) in [4.78, 5) is 28.7. The van der Waals surface area contributed by atoms with Crippen LogP contribution >= 0.6 is 0 Å². The molecule has 2 aliphatic rings. The van der Waals surface area contributed by atoms with Crippen LogP contribution in [0.15, 0.2) is 60.9 Å². The number of benzene rings is 1. The molecule has 1 saturated heterocycles. The van der Waals surface area contributed by atoms with E-state index >= 15 is 0 Å². The van der Waals surface area contributed by atoms with Crippen LogP contribution < -0.4 is 0 Å². The van der Waals surface area contributed by atoms with Crippen molar-refractivity contribution in [3.8, 4) is 22.6 Å². The molecule has 1 aliphatic carbocycles. The molecule has 0 N–H and O–H groups in total. The van der Waals surface area contributed by atoms with Gasteiger partial charge in [-0.25, -0.2) is 23.9 Å². The second-order valence-corrected chi connectivity index (χ2v) is 11.6. The Morgan fingerprint density at radius 3 is 2.49 bits per heavy atom. The number of hydrogen-bond donors (Lipinski definition) is 0. The van der Waals surface area contributed by atoms with Gasteiger partial charge in [0.05, 0.1) is 29.7 Å². The SMILES string of the molecule is CCCN1CCC(n2c(C3CC3)nc(-c3ccc(F)cc3)c2-c2ccc3nc(CC(=O)c4ccnc(F)c4)cn3n2)CC1. The summed E-state index contributed by atoms with van der Waals surface area (Å²) in [7, 11) is 0. The van der Waals surface area contributed by atoms with E-state index in [4.69, 9.17) is 10.1 Å². The first kappa shape index (κ1) is 27.5. The molecule has 2 fully saturated rings. The maximum Gasteiger partial charge on any atom is 0.213 e. The number of pyridine rings is 1. The smallest absolute Gasteiger partial charge is 0.213 e. The molecule has 10 heteroatoms. The normalized spacial score (nSPS) is 16.3. The number of piperidine rings is 1. The van der Waals surface area contributed by atoms with Crippen LogP contribution in [0.2, 0.25) is 0 Å². The van der Waals surface area contributed by atoms with E-state index in [9.17, 15) is 13.6 Å². The fourth-order valence-corrected chi connectivity index (χ4v) is 6.21. The number of halogens is 2. The highest BCUT2D eigenvalue weighted by molar-refractivity contribution is 5.97. The summed E-state index contributed by atoms with van der Waals surface area (Å²) >= 11 is 0. The Kier molecular flexibility index (Phi) is 7.30. The Balaban J connectivity index is 1.29. The molecule has 8 nitrogen and oxygen atoms in total. The minimum Gasteiger partial charge on any atom is -0.323 e. The molecule has 1 aromatic carbocycles. The largest absolute Gasteiger partial charge is 0.323 e. The number of hydrogen-bond acceptors (Lipinski definition) is 6. The first-order chi connectivity index (χ1) is 21.0. The molecule has 0 radical (unpaired) electrons. The van der Waals surface area contributed by atoms with Crippen molar-refractivity contribution in [1.29, 1.82) is 0 Å². The highest BCUT2D eigenvalue weighted by atomic mass is 19.1. The summed E-state index contributed by atoms with van der Waals surface area (Å²) in [5.74, 6) is 0.276. The predicted octanol–water partition coefficient (Wildman–Crippen LogP) is 6.28. The summed E-state index contributed by atoms with van der Waals surface area (Å²) < 4.78 is 31.6. The summed E-state index contributed by atoms with van der Waals surface area (Å²) in [5, 5.41) is 4.98. The standard InChI is InChI=1S/C33H33F2N7O/c1-2-15-40-16-12-26(13-17-40)42-32(31(38-33(42)22-3-4-22)21-5-7-24(34)8-6-21)27-9-10-30-37-25(20-41(30)39-27)19-28(43)23-11-14-36-29(35)18-23/h5-11,14,18,20,22,26H,2-4,12-13,15-17,19H2,1H3. The minimum absolute atomic E-state index is 0.0169. The number of ketones is 1. The number of rotatable bonds is 9. The van der Waals surface area contributed by atoms with E-state index in [2.05, 4.69) is 26.4 Å². The lowest BCUT2D eigenvalue weighted by Gasteiger charge is -2.34. The van der Waals surface area contributed by atoms with E-state index in [1.54, 1.807) is 22.8 Å². The van der Waals surface area contributed by atoms with Gasteiger partial charge in [-0.3, -0.25) is 4.79 Å². The monoisotopic (exact) mass is 581 g/mol. The van der Waals surface area contributed by atoms with Crippen LogP contribution in [0.25, 0.3) is 28.3 Å². The number of likely N-dealkylation sites (tertiary alicyclic amines) is 1. The molecule has 0 spiro atoms. The zero-order chi connectivity index (χ0) is 29.5. The average Bonchev–Trinajstić information content (AvgIpc) is 3.66. The van der Waals surface area contributed by atoms with Gasteiger partial charge in [0, 0.05) is 48.4 Å². The van der Waals surface area contributed by atoms with Crippen LogP contribution in [0.3, 0.4) is 0 Å². The van der Waals surface area contributed by atoms with Crippen LogP contribution in [0.5, 0.6) is 0 Å². The number of imidazole rings is 2. The lowest BCUT2D eigenvalue weighted by Crippen LogP contribution is -2.35. The number of carbonyl (C=O) groups excluding carboxylic acids is 1. The van der Waals surface area contributed by atoms with Crippen molar-refractivity contribution < 1.29 is 13.6 Å². The maximum absolute atomic E-state index is 13.9. The minimum atomic E-state index is -0.692. The van der Waals surface area contributed by atoms with Crippen molar-refractivity contribution in [2.75, 3.05) is 19.6 Å². The van der Waals surface area contributed by atoms with Crippen molar-refractivity contribution in [2.24, 2.45) is 0 Å². The third-order valence-corrected chi connectivity index (χ3v) is 8.46. The number of aromatic nitrogens is 6. The molecule has 43 heavy (non-hydrogen) atoms. The van der Waals surface area contributed by atoms with Crippen LogP contribution in [0, 0.1) is 11.8 Å². The summed E-state index contributed by atoms with van der Waals surface area (Å²) in [6.07, 6.45) is 8.47. The number of Topliss-reactive ketones (excluding diaryl/α,β-unsaturated/α-hetero) is 1. The Hall–Kier alpha value is -4.31. The predicted molar refractivity (Wildman–Crippen MR) is 159 cm³/mol. The summed E-state index contributed by atoms with van der Waals surface area (Å²) in [5.41, 5.74) is 4.74. The molecular formula is C33H33F2N7O. The Labute approximate surface area is 248 Å². The van der Waals surface area contributed by atoms with Gasteiger partial charge in [-0.1, -0.05) is 6.92 Å². The van der Waals surface area contributed by atoms with Crippen molar-refractivity contribution in [3.05, 3.63) is 89.8 Å². The van der Waals surface area contributed by atoms with Gasteiger partial charge < -0.3 is 9.47 Å². The summed E-state index contributed by atoms with van der Waals surface area (Å²) in [6, 6.07) is 13.3. The van der Waals surface area contributed by atoms with Crippen molar-refractivity contribution in [2.45, 2.75) is 57.4 Å². The van der Waals surface area contributed by atoms with Crippen molar-refractivity contribution in [1.82, 2.24) is 34.0 Å². The fraction of sp³-hybridized carbons (Fsp3) is 0.364. The van der Waals surface area contributed by atoms with Crippen LogP contribution in [0.1, 0.15) is 72.9 Å². The molecule has 1 saturated carbocycles. The summed E-state index contributed by atoms with van der Waals surface area (Å²) in [6.45, 7) is 5.41. The second kappa shape index (κ2) is 11.4. The highest BCUT2D eigenvalue weighted by Crippen LogP contribution is 2.46. The second-order valence-electron chi connectivity index (χ2n) is 11.6. The Morgan fingerprint density at radius 2 is 1.77 bits per heavy atom. The maximum atomic E-state index is 13.9. The number of nitrogens with zero attached hydrogens (tertiary/aromatic N) is 7. The van der Waals surface area contributed by atoms with E-state index < -0.39 is 5.95 Å². The zero-order valence-corrected chi connectivity index (χ0v) is 24.1. The molecule has 0 bridgehead atoms. The van der Waals surface area contributed by atoms with E-state index in [1.165, 1.54) is 24.4 Å². The number of carbonyl (C=O) groups is 1. The third-order valence-electron chi connectivity index (χ3n) is 8.46. The lowest BCUT2D eigenvalue weighted by atomic mass is 10.0. The van der Waals surface area contributed by atoms with Gasteiger partial charge in [-0.15, -0.1) is 0 Å². The van der Waals surface area contributed by atoms with Gasteiger partial charge in [0.15, 0.2) is 11.4 Å². The molecule has 0 unspecified atom stereocenters. The fourth-order valence-electron chi connectivity index (χ4n) is 6.21. The number of fused-ring (bicyclic) bond motifs is 1. The van der Waals surface area contributed by atoms with Gasteiger partial charge in [0.25, 0.3) is 0 Å². The van der Waals surface area contributed by atoms with E-state index in [-0.39, 0.29) is 29.6 Å². The molecule has 0 atom stereocenters. The quantitative estimate of drug-likeness (QED) is 0.151. The Bertz CT molecular complexity index is 1780. The van der Waals surface area contributed by atoms with Crippen LogP contribution in [-0.2, 0) is 6.42 Å². The average molecular weight is 582 g/mol. The molecule has 220 valence electrons. The van der Waals surface area contributed by atoms with Crippen LogP contribution in [0.4, 0.5) is 8.78 Å². The lowest BCUT2D eigenvalue weighted by molar-refractivity contribution is 0.0991. The highest BCUT2D eigenvalue weighted by Gasteiger charge is 2.36. The van der Waals surface area contributed by atoms with Crippen molar-refractivity contribution in [3.63, 3.8) is 0 Å². The van der Waals surface area contributed by atoms with E-state index in [0.717, 1.165) is 86.3 Å². The van der Waals surface area contributed by atoms with E-state index in [0.29, 0.717) is 17.3 Å². The molecule has 0 amide bonds. The van der Waals surface area contributed by atoms with Gasteiger partial charge in [-0.05, 0) is 81.1 Å². The first-order valence-corrected chi connectivity index (χ1v) is 15.1. The van der Waals surface area contributed by atoms with Gasteiger partial charge in [0.1, 0.15) is 17.3 Å². The molecule has 5 aromatic rings. The molecular weight excluding hydrogens is 548 g/mol. The van der Waals surface area contributed by atoms with Crippen molar-refractivity contribution >= 4 is 11.4 Å². The third kappa shape index (κ3) is 5.59. The van der Waals surface area contributed by atoms with E-state index in [1.807, 2.05) is 12.1 Å². The molecule has 7 rings (SSSR count). The van der Waals surface area contributed by atoms with Gasteiger partial charge in [0.2, 0.25) is 5.95 Å². The zero-order valence-electron chi connectivity index (χ0n) is 24.1. The first-order valence-electron chi connectivity index (χ1n) is 15.1. The topological polar surface area (TPSA) is 81.2 Å². The molecule has 5 heterocycles. The van der Waals surface area contributed by atoms with Gasteiger partial charge >= 0.3 is 0 Å². The molecule has 1 aliphatic heterocycles. The van der Waals surface area contributed by atoms with Crippen LogP contribution in [-0.4, -0.2) is 59.5 Å². The molecule has 4 aromatic heterocycles. The van der Waals surface area contributed by atoms with Gasteiger partial charge in [-0.2, -0.15) is 9.49 Å². The Morgan fingerprint density at radius 1 is 0.977 bits per heavy atom.